The number of carbonyl (C=O) groups excluding carboxylic acids is 1. The Hall–Kier alpha value is -1.10. The lowest BCUT2D eigenvalue weighted by molar-refractivity contribution is -0.140. The molecule has 0 aliphatic heterocycles. The molecule has 5 heteroatoms. The van der Waals surface area contributed by atoms with E-state index in [1.165, 1.54) is 0 Å². The molecule has 1 fully saturated rings. The van der Waals surface area contributed by atoms with E-state index in [-0.39, 0.29) is 12.6 Å². The Bertz CT molecular complexity index is 249. The molecule has 0 aromatic rings. The summed E-state index contributed by atoms with van der Waals surface area (Å²) in [5.41, 5.74) is 5.21. The Morgan fingerprint density at radius 3 is 2.40 bits per heavy atom. The van der Waals surface area contributed by atoms with Crippen LogP contribution in [-0.2, 0) is 9.59 Å². The number of hydrogen-bond donors (Lipinski definition) is 2. The molecule has 0 radical (unpaired) electrons. The fourth-order valence-electron chi connectivity index (χ4n) is 2.14. The van der Waals surface area contributed by atoms with E-state index in [1.54, 1.807) is 11.8 Å². The number of carbonyl (C=O) groups is 2. The minimum Gasteiger partial charge on any atom is -0.480 e. The predicted molar refractivity (Wildman–Crippen MR) is 55.3 cm³/mol. The van der Waals surface area contributed by atoms with Crippen LogP contribution in [0, 0.1) is 0 Å². The number of nitrogens with two attached hydrogens (primary N) is 1. The van der Waals surface area contributed by atoms with Crippen LogP contribution in [0.2, 0.25) is 0 Å². The first-order valence-electron chi connectivity index (χ1n) is 5.29. The molecule has 1 unspecified atom stereocenters. The van der Waals surface area contributed by atoms with Gasteiger partial charge < -0.3 is 10.8 Å². The van der Waals surface area contributed by atoms with Crippen molar-refractivity contribution in [3.05, 3.63) is 0 Å². The number of carboxylic acids is 1. The van der Waals surface area contributed by atoms with Crippen LogP contribution in [0.1, 0.15) is 32.6 Å². The molecule has 1 aliphatic rings. The standard InChI is InChI=1S/C10H18N2O3/c1-7(10(11)15)12(6-9(13)14)8-4-2-3-5-8/h7-8H,2-6H2,1H3,(H2,11,15)(H,13,14). The van der Waals surface area contributed by atoms with Crippen molar-refractivity contribution >= 4 is 11.9 Å². The third kappa shape index (κ3) is 3.20. The molecular formula is C10H18N2O3. The van der Waals surface area contributed by atoms with Crippen LogP contribution < -0.4 is 5.73 Å². The second-order valence-corrected chi connectivity index (χ2v) is 4.08. The highest BCUT2D eigenvalue weighted by molar-refractivity contribution is 5.80. The predicted octanol–water partition coefficient (Wildman–Crippen LogP) is 0.189. The van der Waals surface area contributed by atoms with Gasteiger partial charge in [-0.2, -0.15) is 0 Å². The molecule has 0 aromatic carbocycles. The molecule has 0 heterocycles. The first kappa shape index (κ1) is 12.0. The van der Waals surface area contributed by atoms with Crippen LogP contribution in [-0.4, -0.2) is 40.5 Å². The van der Waals surface area contributed by atoms with Gasteiger partial charge in [-0.15, -0.1) is 0 Å². The van der Waals surface area contributed by atoms with E-state index in [0.29, 0.717) is 0 Å². The maximum absolute atomic E-state index is 11.1. The van der Waals surface area contributed by atoms with Gasteiger partial charge in [0.2, 0.25) is 5.91 Å². The smallest absolute Gasteiger partial charge is 0.317 e. The van der Waals surface area contributed by atoms with Crippen LogP contribution in [0.4, 0.5) is 0 Å². The summed E-state index contributed by atoms with van der Waals surface area (Å²) in [4.78, 5) is 23.5. The minimum atomic E-state index is -0.907. The van der Waals surface area contributed by atoms with E-state index in [9.17, 15) is 9.59 Å². The maximum atomic E-state index is 11.1. The summed E-state index contributed by atoms with van der Waals surface area (Å²) in [6.45, 7) is 1.57. The lowest BCUT2D eigenvalue weighted by atomic mass is 10.1. The molecule has 1 aliphatic carbocycles. The fourth-order valence-corrected chi connectivity index (χ4v) is 2.14. The van der Waals surface area contributed by atoms with Crippen molar-refractivity contribution in [3.63, 3.8) is 0 Å². The number of rotatable bonds is 5. The first-order chi connectivity index (χ1) is 7.02. The summed E-state index contributed by atoms with van der Waals surface area (Å²) >= 11 is 0. The Morgan fingerprint density at radius 2 is 2.00 bits per heavy atom. The van der Waals surface area contributed by atoms with E-state index in [4.69, 9.17) is 10.8 Å². The van der Waals surface area contributed by atoms with Crippen LogP contribution in [0.5, 0.6) is 0 Å². The van der Waals surface area contributed by atoms with E-state index >= 15 is 0 Å². The number of carboxylic acid groups (broad SMARTS) is 1. The Morgan fingerprint density at radius 1 is 1.47 bits per heavy atom. The third-order valence-electron chi connectivity index (χ3n) is 3.02. The fraction of sp³-hybridized carbons (Fsp3) is 0.800. The second kappa shape index (κ2) is 5.11. The molecule has 1 rings (SSSR count). The van der Waals surface area contributed by atoms with Crippen molar-refractivity contribution in [2.24, 2.45) is 5.73 Å². The zero-order valence-electron chi connectivity index (χ0n) is 8.98. The molecule has 86 valence electrons. The van der Waals surface area contributed by atoms with Crippen LogP contribution >= 0.6 is 0 Å². The van der Waals surface area contributed by atoms with E-state index in [2.05, 4.69) is 0 Å². The van der Waals surface area contributed by atoms with Crippen molar-refractivity contribution in [1.29, 1.82) is 0 Å². The highest BCUT2D eigenvalue weighted by Gasteiger charge is 2.30. The van der Waals surface area contributed by atoms with Crippen molar-refractivity contribution in [1.82, 2.24) is 4.90 Å². The summed E-state index contributed by atoms with van der Waals surface area (Å²) < 4.78 is 0. The van der Waals surface area contributed by atoms with E-state index in [1.807, 2.05) is 0 Å². The summed E-state index contributed by atoms with van der Waals surface area (Å²) in [7, 11) is 0. The maximum Gasteiger partial charge on any atom is 0.317 e. The normalized spacial score (nSPS) is 19.3. The SMILES string of the molecule is CC(C(N)=O)N(CC(=O)O)C1CCCC1. The average Bonchev–Trinajstić information content (AvgIpc) is 2.65. The highest BCUT2D eigenvalue weighted by Crippen LogP contribution is 2.24. The minimum absolute atomic E-state index is 0.102. The molecule has 0 bridgehead atoms. The Kier molecular flexibility index (Phi) is 4.08. The molecule has 1 atom stereocenters. The Balaban J connectivity index is 2.67. The van der Waals surface area contributed by atoms with Gasteiger partial charge in [-0.3, -0.25) is 14.5 Å². The van der Waals surface area contributed by atoms with Crippen molar-refractivity contribution in [2.75, 3.05) is 6.54 Å². The van der Waals surface area contributed by atoms with Gasteiger partial charge in [0.05, 0.1) is 12.6 Å². The van der Waals surface area contributed by atoms with Gasteiger partial charge in [-0.05, 0) is 19.8 Å². The van der Waals surface area contributed by atoms with Gasteiger partial charge in [0.25, 0.3) is 0 Å². The van der Waals surface area contributed by atoms with Gasteiger partial charge in [0.1, 0.15) is 0 Å². The van der Waals surface area contributed by atoms with Crippen LogP contribution in [0.25, 0.3) is 0 Å². The van der Waals surface area contributed by atoms with Crippen LogP contribution in [0.15, 0.2) is 0 Å². The van der Waals surface area contributed by atoms with Crippen molar-refractivity contribution < 1.29 is 14.7 Å². The molecule has 1 amide bonds. The van der Waals surface area contributed by atoms with Crippen molar-refractivity contribution in [3.8, 4) is 0 Å². The van der Waals surface area contributed by atoms with Crippen molar-refractivity contribution in [2.45, 2.75) is 44.7 Å². The molecule has 5 nitrogen and oxygen atoms in total. The second-order valence-electron chi connectivity index (χ2n) is 4.08. The quantitative estimate of drug-likeness (QED) is 0.684. The molecular weight excluding hydrogens is 196 g/mol. The highest BCUT2D eigenvalue weighted by atomic mass is 16.4. The molecule has 15 heavy (non-hydrogen) atoms. The number of nitrogens with zero attached hydrogens (tertiary/aromatic N) is 1. The summed E-state index contributed by atoms with van der Waals surface area (Å²) in [5, 5.41) is 8.78. The number of amides is 1. The lowest BCUT2D eigenvalue weighted by Crippen LogP contribution is -2.49. The number of aliphatic carboxylic acids is 1. The van der Waals surface area contributed by atoms with Gasteiger partial charge >= 0.3 is 5.97 Å². The van der Waals surface area contributed by atoms with E-state index in [0.717, 1.165) is 25.7 Å². The first-order valence-corrected chi connectivity index (χ1v) is 5.29. The number of hydrogen-bond acceptors (Lipinski definition) is 3. The Labute approximate surface area is 89.2 Å². The zero-order valence-corrected chi connectivity index (χ0v) is 8.98. The molecule has 0 aromatic heterocycles. The monoisotopic (exact) mass is 214 g/mol. The lowest BCUT2D eigenvalue weighted by Gasteiger charge is -2.31. The zero-order chi connectivity index (χ0) is 11.4. The molecule has 0 spiro atoms. The summed E-state index contributed by atoms with van der Waals surface area (Å²) in [5.74, 6) is -1.36. The third-order valence-corrected chi connectivity index (χ3v) is 3.02. The summed E-state index contributed by atoms with van der Waals surface area (Å²) in [6.07, 6.45) is 4.13. The van der Waals surface area contributed by atoms with Gasteiger partial charge in [-0.25, -0.2) is 0 Å². The van der Waals surface area contributed by atoms with E-state index < -0.39 is 17.9 Å². The number of primary amides is 1. The largest absolute Gasteiger partial charge is 0.480 e. The molecule has 3 N–H and O–H groups in total. The van der Waals surface area contributed by atoms with Crippen LogP contribution in [0.3, 0.4) is 0 Å². The topological polar surface area (TPSA) is 83.6 Å². The van der Waals surface area contributed by atoms with Gasteiger partial charge in [0, 0.05) is 6.04 Å². The van der Waals surface area contributed by atoms with Gasteiger partial charge in [0.15, 0.2) is 0 Å². The summed E-state index contributed by atoms with van der Waals surface area (Å²) in [6, 6.07) is -0.298. The molecule has 1 saturated carbocycles. The average molecular weight is 214 g/mol. The molecule has 0 saturated heterocycles. The van der Waals surface area contributed by atoms with Gasteiger partial charge in [-0.1, -0.05) is 12.8 Å².